The van der Waals surface area contributed by atoms with E-state index in [0.29, 0.717) is 11.5 Å². The Bertz CT molecular complexity index is 1020. The lowest BCUT2D eigenvalue weighted by atomic mass is 10.2. The van der Waals surface area contributed by atoms with Crippen LogP contribution in [0.2, 0.25) is 0 Å². The van der Waals surface area contributed by atoms with Gasteiger partial charge in [0.25, 0.3) is 11.6 Å². The molecule has 0 aromatic heterocycles. The van der Waals surface area contributed by atoms with Gasteiger partial charge in [0, 0.05) is 6.07 Å². The summed E-state index contributed by atoms with van der Waals surface area (Å²) >= 11 is 0. The third kappa shape index (κ3) is 5.39. The van der Waals surface area contributed by atoms with E-state index in [0.717, 1.165) is 0 Å². The number of rotatable bonds is 7. The predicted octanol–water partition coefficient (Wildman–Crippen LogP) is 4.18. The van der Waals surface area contributed by atoms with Gasteiger partial charge < -0.3 is 14.8 Å². The molecule has 0 atom stereocenters. The Morgan fingerprint density at radius 1 is 0.862 bits per heavy atom. The molecule has 0 bridgehead atoms. The summed E-state index contributed by atoms with van der Waals surface area (Å²) in [6.07, 6.45) is 0. The van der Waals surface area contributed by atoms with Crippen molar-refractivity contribution in [3.8, 4) is 11.5 Å². The number of amides is 1. The van der Waals surface area contributed by atoms with E-state index in [1.165, 1.54) is 30.3 Å². The summed E-state index contributed by atoms with van der Waals surface area (Å²) < 4.78 is 10.6. The van der Waals surface area contributed by atoms with Crippen LogP contribution in [-0.2, 0) is 9.53 Å². The van der Waals surface area contributed by atoms with Crippen LogP contribution >= 0.6 is 0 Å². The molecule has 0 unspecified atom stereocenters. The molecular weight excluding hydrogens is 376 g/mol. The number of carbonyl (C=O) groups is 2. The molecule has 146 valence electrons. The lowest BCUT2D eigenvalue weighted by Crippen LogP contribution is -2.21. The van der Waals surface area contributed by atoms with E-state index in [-0.39, 0.29) is 16.9 Å². The number of ether oxygens (including phenoxy) is 2. The monoisotopic (exact) mass is 392 g/mol. The molecule has 0 heterocycles. The summed E-state index contributed by atoms with van der Waals surface area (Å²) in [6, 6.07) is 21.1. The first-order valence-corrected chi connectivity index (χ1v) is 8.56. The Labute approximate surface area is 165 Å². The number of nitro benzene ring substituents is 1. The van der Waals surface area contributed by atoms with E-state index in [1.54, 1.807) is 30.3 Å². The summed E-state index contributed by atoms with van der Waals surface area (Å²) in [6.45, 7) is -0.576. The second-order valence-corrected chi connectivity index (χ2v) is 5.84. The molecule has 0 aliphatic heterocycles. The number of nitro groups is 1. The van der Waals surface area contributed by atoms with E-state index in [9.17, 15) is 19.7 Å². The van der Waals surface area contributed by atoms with Crippen molar-refractivity contribution in [3.63, 3.8) is 0 Å². The molecule has 1 amide bonds. The van der Waals surface area contributed by atoms with Gasteiger partial charge in [-0.2, -0.15) is 0 Å². The number of para-hydroxylation sites is 3. The molecule has 29 heavy (non-hydrogen) atoms. The van der Waals surface area contributed by atoms with Gasteiger partial charge in [-0.1, -0.05) is 30.3 Å². The first-order chi connectivity index (χ1) is 14.0. The Kier molecular flexibility index (Phi) is 6.16. The standard InChI is InChI=1S/C21H16N2O6/c24-20(22-18-8-4-5-9-19(18)23(26)27)14-28-21(25)15-10-12-17(13-11-15)29-16-6-2-1-3-7-16/h1-13H,14H2,(H,22,24). The van der Waals surface area contributed by atoms with Crippen LogP contribution in [0.4, 0.5) is 11.4 Å². The number of hydrogen-bond acceptors (Lipinski definition) is 6. The van der Waals surface area contributed by atoms with E-state index in [4.69, 9.17) is 9.47 Å². The molecule has 0 radical (unpaired) electrons. The van der Waals surface area contributed by atoms with Gasteiger partial charge in [-0.25, -0.2) is 4.79 Å². The van der Waals surface area contributed by atoms with E-state index < -0.39 is 23.4 Å². The maximum Gasteiger partial charge on any atom is 0.338 e. The van der Waals surface area contributed by atoms with Gasteiger partial charge in [0.2, 0.25) is 0 Å². The number of anilines is 1. The van der Waals surface area contributed by atoms with Gasteiger partial charge in [-0.3, -0.25) is 14.9 Å². The van der Waals surface area contributed by atoms with Crippen LogP contribution in [0.25, 0.3) is 0 Å². The molecule has 0 aliphatic rings. The van der Waals surface area contributed by atoms with E-state index in [1.807, 2.05) is 18.2 Å². The third-order valence-electron chi connectivity index (χ3n) is 3.78. The van der Waals surface area contributed by atoms with E-state index >= 15 is 0 Å². The number of nitrogens with zero attached hydrogens (tertiary/aromatic N) is 1. The van der Waals surface area contributed by atoms with Crippen molar-refractivity contribution in [3.05, 3.63) is 94.5 Å². The predicted molar refractivity (Wildman–Crippen MR) is 105 cm³/mol. The fraction of sp³-hybridized carbons (Fsp3) is 0.0476. The first-order valence-electron chi connectivity index (χ1n) is 8.56. The van der Waals surface area contributed by atoms with Crippen LogP contribution in [0.5, 0.6) is 11.5 Å². The molecule has 3 aromatic carbocycles. The molecule has 8 nitrogen and oxygen atoms in total. The Hall–Kier alpha value is -4.20. The van der Waals surface area contributed by atoms with Gasteiger partial charge >= 0.3 is 5.97 Å². The highest BCUT2D eigenvalue weighted by Crippen LogP contribution is 2.23. The van der Waals surface area contributed by atoms with Crippen LogP contribution < -0.4 is 10.1 Å². The lowest BCUT2D eigenvalue weighted by molar-refractivity contribution is -0.383. The summed E-state index contributed by atoms with van der Waals surface area (Å²) in [5.41, 5.74) is 0.0195. The molecule has 0 fully saturated rings. The van der Waals surface area contributed by atoms with Crippen molar-refractivity contribution < 1.29 is 24.0 Å². The smallest absolute Gasteiger partial charge is 0.338 e. The summed E-state index contributed by atoms with van der Waals surface area (Å²) in [5.74, 6) is -0.179. The summed E-state index contributed by atoms with van der Waals surface area (Å²) in [5, 5.41) is 13.3. The van der Waals surface area contributed by atoms with Gasteiger partial charge in [0.1, 0.15) is 17.2 Å². The minimum absolute atomic E-state index is 0.0287. The van der Waals surface area contributed by atoms with Crippen LogP contribution in [0.3, 0.4) is 0 Å². The van der Waals surface area contributed by atoms with Crippen LogP contribution in [0, 0.1) is 10.1 Å². The van der Waals surface area contributed by atoms with Crippen molar-refractivity contribution in [1.29, 1.82) is 0 Å². The molecule has 0 spiro atoms. The van der Waals surface area contributed by atoms with Crippen molar-refractivity contribution in [1.82, 2.24) is 0 Å². The molecule has 3 aromatic rings. The van der Waals surface area contributed by atoms with Crippen molar-refractivity contribution in [2.75, 3.05) is 11.9 Å². The Morgan fingerprint density at radius 3 is 2.17 bits per heavy atom. The van der Waals surface area contributed by atoms with Crippen LogP contribution in [0.15, 0.2) is 78.9 Å². The number of nitrogens with one attached hydrogen (secondary N) is 1. The normalized spacial score (nSPS) is 10.1. The maximum atomic E-state index is 12.1. The molecule has 0 aliphatic carbocycles. The highest BCUT2D eigenvalue weighted by atomic mass is 16.6. The highest BCUT2D eigenvalue weighted by Gasteiger charge is 2.16. The zero-order chi connectivity index (χ0) is 20.6. The first kappa shape index (κ1) is 19.6. The molecule has 0 saturated heterocycles. The lowest BCUT2D eigenvalue weighted by Gasteiger charge is -2.08. The largest absolute Gasteiger partial charge is 0.457 e. The average molecular weight is 392 g/mol. The molecule has 1 N–H and O–H groups in total. The van der Waals surface area contributed by atoms with E-state index in [2.05, 4.69) is 5.32 Å². The van der Waals surface area contributed by atoms with Gasteiger partial charge in [0.15, 0.2) is 6.61 Å². The topological polar surface area (TPSA) is 108 Å². The van der Waals surface area contributed by atoms with Crippen molar-refractivity contribution in [2.45, 2.75) is 0 Å². The van der Waals surface area contributed by atoms with Crippen LogP contribution in [-0.4, -0.2) is 23.4 Å². The molecular formula is C21H16N2O6. The number of benzene rings is 3. The Balaban J connectivity index is 1.54. The number of esters is 1. The fourth-order valence-corrected chi connectivity index (χ4v) is 2.42. The quantitative estimate of drug-likeness (QED) is 0.367. The van der Waals surface area contributed by atoms with Crippen molar-refractivity contribution >= 4 is 23.3 Å². The second-order valence-electron chi connectivity index (χ2n) is 5.84. The number of carbonyl (C=O) groups excluding carboxylic acids is 2. The maximum absolute atomic E-state index is 12.1. The van der Waals surface area contributed by atoms with Gasteiger partial charge in [0.05, 0.1) is 10.5 Å². The molecule has 3 rings (SSSR count). The SMILES string of the molecule is O=C(COC(=O)c1ccc(Oc2ccccc2)cc1)Nc1ccccc1[N+](=O)[O-]. The second kappa shape index (κ2) is 9.14. The minimum atomic E-state index is -0.700. The summed E-state index contributed by atoms with van der Waals surface area (Å²) in [4.78, 5) is 34.4. The molecule has 0 saturated carbocycles. The third-order valence-corrected chi connectivity index (χ3v) is 3.78. The number of hydrogen-bond donors (Lipinski definition) is 1. The van der Waals surface area contributed by atoms with Gasteiger partial charge in [-0.05, 0) is 42.5 Å². The fourth-order valence-electron chi connectivity index (χ4n) is 2.42. The highest BCUT2D eigenvalue weighted by molar-refractivity contribution is 5.96. The average Bonchev–Trinajstić information content (AvgIpc) is 2.73. The summed E-state index contributed by atoms with van der Waals surface area (Å²) in [7, 11) is 0. The Morgan fingerprint density at radius 2 is 1.48 bits per heavy atom. The molecule has 8 heteroatoms. The zero-order valence-electron chi connectivity index (χ0n) is 15.1. The van der Waals surface area contributed by atoms with Crippen molar-refractivity contribution in [2.24, 2.45) is 0 Å². The zero-order valence-corrected chi connectivity index (χ0v) is 15.1. The van der Waals surface area contributed by atoms with Gasteiger partial charge in [-0.15, -0.1) is 0 Å². The minimum Gasteiger partial charge on any atom is -0.457 e. The van der Waals surface area contributed by atoms with Crippen LogP contribution in [0.1, 0.15) is 10.4 Å².